The van der Waals surface area contributed by atoms with Crippen molar-refractivity contribution in [3.63, 3.8) is 0 Å². The molecule has 1 rings (SSSR count). The maximum atomic E-state index is 3.83. The summed E-state index contributed by atoms with van der Waals surface area (Å²) in [6, 6.07) is 0. The summed E-state index contributed by atoms with van der Waals surface area (Å²) in [7, 11) is -1.39. The molecule has 14 heavy (non-hydrogen) atoms. The van der Waals surface area contributed by atoms with Gasteiger partial charge in [0, 0.05) is 0 Å². The van der Waals surface area contributed by atoms with Crippen molar-refractivity contribution in [2.75, 3.05) is 13.1 Å². The lowest BCUT2D eigenvalue weighted by atomic mass is 10.1. The highest BCUT2D eigenvalue weighted by molar-refractivity contribution is 6.78. The van der Waals surface area contributed by atoms with Gasteiger partial charge in [0.15, 0.2) is 0 Å². The highest BCUT2D eigenvalue weighted by Gasteiger charge is 2.45. The molecule has 0 aromatic heterocycles. The van der Waals surface area contributed by atoms with Crippen molar-refractivity contribution >= 4 is 8.40 Å². The predicted octanol–water partition coefficient (Wildman–Crippen LogP) is 2.61. The molecule has 84 valence electrons. The quantitative estimate of drug-likeness (QED) is 0.703. The lowest BCUT2D eigenvalue weighted by Gasteiger charge is -2.46. The van der Waals surface area contributed by atoms with E-state index >= 15 is 0 Å². The Morgan fingerprint density at radius 1 is 1.00 bits per heavy atom. The normalized spacial score (nSPS) is 31.7. The molecule has 1 fully saturated rings. The molecule has 1 heterocycles. The fourth-order valence-electron chi connectivity index (χ4n) is 3.02. The van der Waals surface area contributed by atoms with Crippen molar-refractivity contribution in [2.45, 2.75) is 58.0 Å². The minimum Gasteiger partial charge on any atom is -0.325 e. The number of hydrogen-bond acceptors (Lipinski definition) is 2. The monoisotopic (exact) mass is 214 g/mol. The van der Waals surface area contributed by atoms with E-state index in [4.69, 9.17) is 0 Å². The topological polar surface area (TPSA) is 24.1 Å². The Balaban J connectivity index is 2.77. The van der Waals surface area contributed by atoms with Gasteiger partial charge in [-0.25, -0.2) is 0 Å². The first-order chi connectivity index (χ1) is 6.67. The van der Waals surface area contributed by atoms with Crippen molar-refractivity contribution in [3.8, 4) is 0 Å². The molecule has 2 nitrogen and oxygen atoms in total. The Labute approximate surface area is 90.0 Å². The average molecular weight is 214 g/mol. The van der Waals surface area contributed by atoms with Crippen LogP contribution in [0, 0.1) is 0 Å². The second kappa shape index (κ2) is 5.28. The molecule has 0 aromatic rings. The molecule has 1 aliphatic heterocycles. The fourth-order valence-corrected chi connectivity index (χ4v) is 7.99. The Morgan fingerprint density at radius 3 is 1.79 bits per heavy atom. The van der Waals surface area contributed by atoms with E-state index in [0.717, 1.165) is 24.2 Å². The largest absolute Gasteiger partial charge is 0.325 e. The number of hydrogen-bond donors (Lipinski definition) is 2. The van der Waals surface area contributed by atoms with E-state index < -0.39 is 8.40 Å². The highest BCUT2D eigenvalue weighted by Crippen LogP contribution is 2.40. The third kappa shape index (κ3) is 2.20. The second-order valence-corrected chi connectivity index (χ2v) is 9.08. The summed E-state index contributed by atoms with van der Waals surface area (Å²) in [4.78, 5) is 7.65. The molecule has 3 heteroatoms. The van der Waals surface area contributed by atoms with Crippen molar-refractivity contribution in [2.24, 2.45) is 0 Å². The van der Waals surface area contributed by atoms with Gasteiger partial charge in [0.2, 0.25) is 8.40 Å². The third-order valence-corrected chi connectivity index (χ3v) is 9.33. The summed E-state index contributed by atoms with van der Waals surface area (Å²) >= 11 is 0. The van der Waals surface area contributed by atoms with E-state index in [1.54, 1.807) is 0 Å². The van der Waals surface area contributed by atoms with E-state index in [9.17, 15) is 0 Å². The van der Waals surface area contributed by atoms with Gasteiger partial charge in [-0.2, -0.15) is 0 Å². The molecule has 2 N–H and O–H groups in total. The molecular formula is C11H26N2Si. The molecule has 1 aliphatic rings. The minimum atomic E-state index is -1.39. The van der Waals surface area contributed by atoms with Gasteiger partial charge in [-0.1, -0.05) is 47.0 Å². The highest BCUT2D eigenvalue weighted by atomic mass is 28.3. The summed E-state index contributed by atoms with van der Waals surface area (Å²) in [6.45, 7) is 11.6. The van der Waals surface area contributed by atoms with Gasteiger partial charge in [-0.15, -0.1) is 0 Å². The average Bonchev–Trinajstić information content (AvgIpc) is 2.15. The standard InChI is InChI=1S/C11H26N2Si/c1-5-12-14(13-6-2)10(3)8-7-9-11(14)4/h10-13H,5-9H2,1-4H3. The van der Waals surface area contributed by atoms with Gasteiger partial charge >= 0.3 is 0 Å². The molecule has 0 radical (unpaired) electrons. The SMILES string of the molecule is CCN[Si]1(NCC)C(C)CCCC1C. The van der Waals surface area contributed by atoms with Crippen LogP contribution in [-0.4, -0.2) is 21.5 Å². The van der Waals surface area contributed by atoms with Crippen molar-refractivity contribution < 1.29 is 0 Å². The van der Waals surface area contributed by atoms with Crippen LogP contribution in [-0.2, 0) is 0 Å². The third-order valence-electron chi connectivity index (χ3n) is 3.77. The Hall–Kier alpha value is 0.137. The van der Waals surface area contributed by atoms with Crippen molar-refractivity contribution in [3.05, 3.63) is 0 Å². The molecule has 0 saturated carbocycles. The number of rotatable bonds is 4. The zero-order valence-electron chi connectivity index (χ0n) is 10.2. The van der Waals surface area contributed by atoms with Crippen molar-refractivity contribution in [1.29, 1.82) is 0 Å². The maximum absolute atomic E-state index is 3.83. The maximum Gasteiger partial charge on any atom is 0.207 e. The predicted molar refractivity (Wildman–Crippen MR) is 65.8 cm³/mol. The first-order valence-corrected chi connectivity index (χ1v) is 8.32. The summed E-state index contributed by atoms with van der Waals surface area (Å²) in [6.07, 6.45) is 4.25. The smallest absolute Gasteiger partial charge is 0.207 e. The van der Waals surface area contributed by atoms with Gasteiger partial charge in [0.1, 0.15) is 0 Å². The molecular weight excluding hydrogens is 188 g/mol. The van der Waals surface area contributed by atoms with Crippen LogP contribution >= 0.6 is 0 Å². The van der Waals surface area contributed by atoms with E-state index in [0.29, 0.717) is 0 Å². The van der Waals surface area contributed by atoms with Crippen LogP contribution in [0.4, 0.5) is 0 Å². The first-order valence-electron chi connectivity index (χ1n) is 6.17. The lowest BCUT2D eigenvalue weighted by molar-refractivity contribution is 0.535. The molecule has 1 saturated heterocycles. The molecule has 0 aliphatic carbocycles. The Bertz CT molecular complexity index is 155. The van der Waals surface area contributed by atoms with Gasteiger partial charge in [-0.3, -0.25) is 0 Å². The summed E-state index contributed by atoms with van der Waals surface area (Å²) in [5, 5.41) is 0. The van der Waals surface area contributed by atoms with E-state index in [1.165, 1.54) is 19.3 Å². The molecule has 0 spiro atoms. The van der Waals surface area contributed by atoms with Crippen molar-refractivity contribution in [1.82, 2.24) is 9.96 Å². The first kappa shape index (κ1) is 12.2. The van der Waals surface area contributed by atoms with Gasteiger partial charge < -0.3 is 9.96 Å². The zero-order chi connectivity index (χ0) is 10.6. The van der Waals surface area contributed by atoms with Crippen LogP contribution in [0.5, 0.6) is 0 Å². The molecule has 0 amide bonds. The van der Waals surface area contributed by atoms with Crippen LogP contribution < -0.4 is 9.96 Å². The van der Waals surface area contributed by atoms with Crippen LogP contribution in [0.25, 0.3) is 0 Å². The van der Waals surface area contributed by atoms with Gasteiger partial charge in [-0.05, 0) is 24.2 Å². The molecule has 2 atom stereocenters. The van der Waals surface area contributed by atoms with Gasteiger partial charge in [0.25, 0.3) is 0 Å². The van der Waals surface area contributed by atoms with Crippen LogP contribution in [0.15, 0.2) is 0 Å². The summed E-state index contributed by atoms with van der Waals surface area (Å²) in [5.74, 6) is 0. The summed E-state index contributed by atoms with van der Waals surface area (Å²) in [5.41, 5.74) is 1.76. The van der Waals surface area contributed by atoms with E-state index in [2.05, 4.69) is 37.7 Å². The Kier molecular flexibility index (Phi) is 4.61. The fraction of sp³-hybridized carbons (Fsp3) is 1.00. The van der Waals surface area contributed by atoms with Gasteiger partial charge in [0.05, 0.1) is 0 Å². The van der Waals surface area contributed by atoms with Crippen LogP contribution in [0.2, 0.25) is 11.1 Å². The minimum absolute atomic E-state index is 0.881. The zero-order valence-corrected chi connectivity index (χ0v) is 11.2. The van der Waals surface area contributed by atoms with E-state index in [1.807, 2.05) is 0 Å². The lowest BCUT2D eigenvalue weighted by Crippen LogP contribution is -2.68. The number of nitrogens with one attached hydrogen (secondary N) is 2. The second-order valence-electron chi connectivity index (χ2n) is 4.66. The van der Waals surface area contributed by atoms with Crippen LogP contribution in [0.1, 0.15) is 47.0 Å². The molecule has 0 bridgehead atoms. The molecule has 0 aromatic carbocycles. The summed E-state index contributed by atoms with van der Waals surface area (Å²) < 4.78 is 0. The van der Waals surface area contributed by atoms with E-state index in [-0.39, 0.29) is 0 Å². The van der Waals surface area contributed by atoms with Crippen LogP contribution in [0.3, 0.4) is 0 Å². The Morgan fingerprint density at radius 2 is 1.43 bits per heavy atom. The molecule has 2 unspecified atom stereocenters.